The predicted molar refractivity (Wildman–Crippen MR) is 91.5 cm³/mol. The van der Waals surface area contributed by atoms with Gasteiger partial charge in [0.1, 0.15) is 0 Å². The van der Waals surface area contributed by atoms with Crippen LogP contribution in [0.4, 0.5) is 0 Å². The van der Waals surface area contributed by atoms with E-state index < -0.39 is 0 Å². The summed E-state index contributed by atoms with van der Waals surface area (Å²) in [6.07, 6.45) is 0. The summed E-state index contributed by atoms with van der Waals surface area (Å²) in [5, 5.41) is 10.2. The Labute approximate surface area is 142 Å². The molecule has 7 heteroatoms. The minimum atomic E-state index is 0.227. The first kappa shape index (κ1) is 14.9. The second-order valence-electron chi connectivity index (χ2n) is 5.37. The summed E-state index contributed by atoms with van der Waals surface area (Å²) in [6.45, 7) is 0.823. The van der Waals surface area contributed by atoms with Gasteiger partial charge in [0.2, 0.25) is 0 Å². The quantitative estimate of drug-likeness (QED) is 0.617. The maximum atomic E-state index is 6.07. The molecule has 2 aromatic heterocycles. The average molecular weight is 340 g/mol. The molecule has 0 atom stereocenters. The maximum Gasteiger partial charge on any atom is 0.279 e. The Balaban J connectivity index is 1.82. The van der Waals surface area contributed by atoms with Crippen LogP contribution in [0.25, 0.3) is 22.5 Å². The van der Waals surface area contributed by atoms with Gasteiger partial charge in [-0.3, -0.25) is 4.68 Å². The van der Waals surface area contributed by atoms with Crippen molar-refractivity contribution in [2.24, 2.45) is 5.73 Å². The highest BCUT2D eigenvalue weighted by molar-refractivity contribution is 6.30. The molecule has 2 N–H and O–H groups in total. The molecule has 2 aromatic carbocycles. The number of hydrogen-bond donors (Lipinski definition) is 1. The van der Waals surface area contributed by atoms with Gasteiger partial charge < -0.3 is 10.3 Å². The van der Waals surface area contributed by atoms with Crippen LogP contribution >= 0.6 is 11.6 Å². The Morgan fingerprint density at radius 1 is 1.12 bits per heavy atom. The smallest absolute Gasteiger partial charge is 0.279 e. The highest BCUT2D eigenvalue weighted by atomic mass is 35.5. The zero-order chi connectivity index (χ0) is 16.5. The second-order valence-corrected chi connectivity index (χ2v) is 5.81. The maximum absolute atomic E-state index is 6.07. The molecule has 0 amide bonds. The van der Waals surface area contributed by atoms with Crippen molar-refractivity contribution in [3.63, 3.8) is 0 Å². The van der Waals surface area contributed by atoms with Crippen LogP contribution < -0.4 is 5.73 Å². The van der Waals surface area contributed by atoms with E-state index in [1.165, 1.54) is 0 Å². The van der Waals surface area contributed by atoms with Crippen molar-refractivity contribution in [2.45, 2.75) is 13.1 Å². The van der Waals surface area contributed by atoms with Gasteiger partial charge in [-0.05, 0) is 23.8 Å². The van der Waals surface area contributed by atoms with E-state index in [0.717, 1.165) is 16.5 Å². The Morgan fingerprint density at radius 3 is 2.79 bits per heavy atom. The number of nitrogens with zero attached hydrogens (tertiary/aromatic N) is 4. The molecule has 0 radical (unpaired) electrons. The lowest BCUT2D eigenvalue weighted by atomic mass is 10.2. The summed E-state index contributed by atoms with van der Waals surface area (Å²) in [5.41, 5.74) is 8.26. The number of para-hydroxylation sites is 1. The fourth-order valence-electron chi connectivity index (χ4n) is 2.65. The fraction of sp³-hybridized carbons (Fsp3) is 0.118. The normalized spacial score (nSPS) is 11.2. The molecule has 0 aliphatic heterocycles. The Hall–Kier alpha value is -2.70. The van der Waals surface area contributed by atoms with Gasteiger partial charge in [0, 0.05) is 10.4 Å². The minimum absolute atomic E-state index is 0.227. The lowest BCUT2D eigenvalue weighted by Crippen LogP contribution is -2.01. The van der Waals surface area contributed by atoms with Crippen molar-refractivity contribution >= 4 is 22.5 Å². The Morgan fingerprint density at radius 2 is 2.00 bits per heavy atom. The summed E-state index contributed by atoms with van der Waals surface area (Å²) in [5.74, 6) is 0.829. The molecule has 0 unspecified atom stereocenters. The summed E-state index contributed by atoms with van der Waals surface area (Å²) in [6, 6.07) is 15.6. The number of nitrogens with two attached hydrogens (primary N) is 1. The number of rotatable bonds is 4. The van der Waals surface area contributed by atoms with E-state index >= 15 is 0 Å². The molecule has 4 rings (SSSR count). The SMILES string of the molecule is NCc1noc(-c2nn(Cc3cccc(Cl)c3)c3ccccc23)n1. The monoisotopic (exact) mass is 339 g/mol. The molecular formula is C17H14ClN5O. The van der Waals surface area contributed by atoms with Crippen molar-refractivity contribution in [3.8, 4) is 11.6 Å². The minimum Gasteiger partial charge on any atom is -0.332 e. The van der Waals surface area contributed by atoms with Crippen molar-refractivity contribution in [2.75, 3.05) is 0 Å². The van der Waals surface area contributed by atoms with Gasteiger partial charge in [0.15, 0.2) is 11.5 Å². The molecule has 0 aliphatic rings. The zero-order valence-corrected chi connectivity index (χ0v) is 13.4. The molecule has 0 spiro atoms. The number of fused-ring (bicyclic) bond motifs is 1. The number of hydrogen-bond acceptors (Lipinski definition) is 5. The molecule has 24 heavy (non-hydrogen) atoms. The second kappa shape index (κ2) is 6.07. The van der Waals surface area contributed by atoms with Gasteiger partial charge in [-0.2, -0.15) is 10.1 Å². The van der Waals surface area contributed by atoms with Gasteiger partial charge in [0.05, 0.1) is 18.6 Å². The first-order valence-corrected chi connectivity index (χ1v) is 7.85. The highest BCUT2D eigenvalue weighted by Crippen LogP contribution is 2.27. The first-order chi connectivity index (χ1) is 11.7. The number of benzene rings is 2. The van der Waals surface area contributed by atoms with Crippen LogP contribution in [-0.4, -0.2) is 19.9 Å². The third-order valence-corrected chi connectivity index (χ3v) is 3.97. The molecular weight excluding hydrogens is 326 g/mol. The van der Waals surface area contributed by atoms with E-state index in [0.29, 0.717) is 29.0 Å². The molecule has 0 saturated heterocycles. The van der Waals surface area contributed by atoms with E-state index in [1.54, 1.807) is 0 Å². The van der Waals surface area contributed by atoms with E-state index in [1.807, 2.05) is 53.2 Å². The van der Waals surface area contributed by atoms with Crippen LogP contribution in [0.3, 0.4) is 0 Å². The topological polar surface area (TPSA) is 82.8 Å². The van der Waals surface area contributed by atoms with Crippen molar-refractivity contribution in [1.29, 1.82) is 0 Å². The van der Waals surface area contributed by atoms with Crippen molar-refractivity contribution in [1.82, 2.24) is 19.9 Å². The fourth-order valence-corrected chi connectivity index (χ4v) is 2.86. The summed E-state index contributed by atoms with van der Waals surface area (Å²) < 4.78 is 7.20. The average Bonchev–Trinajstić information content (AvgIpc) is 3.20. The molecule has 6 nitrogen and oxygen atoms in total. The van der Waals surface area contributed by atoms with Crippen LogP contribution in [0, 0.1) is 0 Å². The van der Waals surface area contributed by atoms with Crippen LogP contribution in [0.2, 0.25) is 5.02 Å². The highest BCUT2D eigenvalue weighted by Gasteiger charge is 2.17. The van der Waals surface area contributed by atoms with E-state index in [-0.39, 0.29) is 6.54 Å². The number of halogens is 1. The molecule has 0 aliphatic carbocycles. The Kier molecular flexibility index (Phi) is 3.76. The summed E-state index contributed by atoms with van der Waals surface area (Å²) in [7, 11) is 0. The van der Waals surface area contributed by atoms with Crippen LogP contribution in [-0.2, 0) is 13.1 Å². The van der Waals surface area contributed by atoms with Gasteiger partial charge in [-0.25, -0.2) is 0 Å². The van der Waals surface area contributed by atoms with Crippen LogP contribution in [0.1, 0.15) is 11.4 Å². The van der Waals surface area contributed by atoms with Gasteiger partial charge in [-0.1, -0.05) is 47.1 Å². The van der Waals surface area contributed by atoms with Crippen LogP contribution in [0.15, 0.2) is 53.1 Å². The molecule has 0 saturated carbocycles. The first-order valence-electron chi connectivity index (χ1n) is 7.47. The Bertz CT molecular complexity index is 1010. The van der Waals surface area contributed by atoms with E-state index in [9.17, 15) is 0 Å². The van der Waals surface area contributed by atoms with Crippen molar-refractivity contribution in [3.05, 3.63) is 64.9 Å². The summed E-state index contributed by atoms with van der Waals surface area (Å²) >= 11 is 6.07. The lowest BCUT2D eigenvalue weighted by Gasteiger charge is -2.04. The standard InChI is InChI=1S/C17H14ClN5O/c18-12-5-3-4-11(8-12)10-23-14-7-2-1-6-13(14)16(21-23)17-20-15(9-19)22-24-17/h1-8H,9-10,19H2. The molecule has 0 bridgehead atoms. The zero-order valence-electron chi connectivity index (χ0n) is 12.7. The van der Waals surface area contributed by atoms with Gasteiger partial charge in [0.25, 0.3) is 5.89 Å². The van der Waals surface area contributed by atoms with Crippen molar-refractivity contribution < 1.29 is 4.52 Å². The number of aromatic nitrogens is 4. The third-order valence-electron chi connectivity index (χ3n) is 3.73. The molecule has 2 heterocycles. The molecule has 4 aromatic rings. The lowest BCUT2D eigenvalue weighted by molar-refractivity contribution is 0.421. The molecule has 120 valence electrons. The van der Waals surface area contributed by atoms with E-state index in [4.69, 9.17) is 21.9 Å². The predicted octanol–water partition coefficient (Wildman–Crippen LogP) is 3.25. The molecule has 0 fully saturated rings. The summed E-state index contributed by atoms with van der Waals surface area (Å²) in [4.78, 5) is 4.28. The van der Waals surface area contributed by atoms with Gasteiger partial charge in [-0.15, -0.1) is 0 Å². The third kappa shape index (κ3) is 2.66. The van der Waals surface area contributed by atoms with Gasteiger partial charge >= 0.3 is 0 Å². The van der Waals surface area contributed by atoms with E-state index in [2.05, 4.69) is 15.2 Å². The largest absolute Gasteiger partial charge is 0.332 e. The van der Waals surface area contributed by atoms with Crippen LogP contribution in [0.5, 0.6) is 0 Å².